The molecule has 1 atom stereocenters. The van der Waals surface area contributed by atoms with Crippen LogP contribution in [0.2, 0.25) is 0 Å². The lowest BCUT2D eigenvalue weighted by Crippen LogP contribution is -2.51. The minimum Gasteiger partial charge on any atom is -0.354 e. The Labute approximate surface area is 280 Å². The molecule has 46 heavy (non-hydrogen) atoms. The molecule has 0 saturated carbocycles. The van der Waals surface area contributed by atoms with E-state index in [1.54, 1.807) is 31.5 Å². The van der Waals surface area contributed by atoms with Crippen LogP contribution in [-0.4, -0.2) is 91.8 Å². The third kappa shape index (κ3) is 15.0. The molecule has 3 rings (SSSR count). The Morgan fingerprint density at radius 1 is 0.913 bits per heavy atom. The summed E-state index contributed by atoms with van der Waals surface area (Å²) in [4.78, 5) is 44.2. The van der Waals surface area contributed by atoms with Gasteiger partial charge in [0.05, 0.1) is 6.54 Å². The number of nitrogens with zero attached hydrogens (tertiary/aromatic N) is 3. The largest absolute Gasteiger partial charge is 0.354 e. The number of likely N-dealkylation sites (N-methyl/N-ethyl adjacent to an activating group) is 2. The summed E-state index contributed by atoms with van der Waals surface area (Å²) in [5.74, 6) is -0.743. The molecule has 0 bridgehead atoms. The summed E-state index contributed by atoms with van der Waals surface area (Å²) in [6, 6.07) is 22.3. The van der Waals surface area contributed by atoms with E-state index in [-0.39, 0.29) is 24.3 Å². The maximum absolute atomic E-state index is 13.0. The molecular weight excluding hydrogens is 595 g/mol. The second kappa shape index (κ2) is 19.7. The molecule has 0 fully saturated rings. The number of benzene rings is 2. The fourth-order valence-corrected chi connectivity index (χ4v) is 5.18. The maximum atomic E-state index is 13.0. The average molecular weight is 648 g/mol. The molecule has 1 heterocycles. The van der Waals surface area contributed by atoms with Crippen molar-refractivity contribution in [2.45, 2.75) is 58.0 Å². The van der Waals surface area contributed by atoms with Crippen LogP contribution in [0.4, 0.5) is 0 Å². The number of carbonyl (C=O) groups is 3. The molecule has 2 aromatic carbocycles. The second-order valence-corrected chi connectivity index (χ2v) is 13.7. The minimum atomic E-state index is -0.637. The van der Waals surface area contributed by atoms with Gasteiger partial charge in [-0.2, -0.15) is 0 Å². The van der Waals surface area contributed by atoms with Gasteiger partial charge in [-0.25, -0.2) is 0 Å². The Kier molecular flexibility index (Phi) is 16.4. The highest BCUT2D eigenvalue weighted by molar-refractivity contribution is 7.09. The van der Waals surface area contributed by atoms with Gasteiger partial charge >= 0.3 is 0 Å². The zero-order chi connectivity index (χ0) is 34.1. The Morgan fingerprint density at radius 3 is 2.15 bits per heavy atom. The van der Waals surface area contributed by atoms with E-state index in [2.05, 4.69) is 65.7 Å². The van der Waals surface area contributed by atoms with Crippen molar-refractivity contribution in [3.63, 3.8) is 0 Å². The molecule has 250 valence electrons. The first-order chi connectivity index (χ1) is 21.8. The Morgan fingerprint density at radius 2 is 1.57 bits per heavy atom. The molecule has 0 spiro atoms. The molecule has 1 unspecified atom stereocenters. The van der Waals surface area contributed by atoms with Gasteiger partial charge in [-0.05, 0) is 89.3 Å². The van der Waals surface area contributed by atoms with Crippen molar-refractivity contribution in [1.29, 1.82) is 0 Å². The van der Waals surface area contributed by atoms with Gasteiger partial charge in [-0.15, -0.1) is 11.3 Å². The predicted octanol–water partition coefficient (Wildman–Crippen LogP) is 5.38. The van der Waals surface area contributed by atoms with Gasteiger partial charge in [-0.3, -0.25) is 14.4 Å². The van der Waals surface area contributed by atoms with Crippen LogP contribution in [0.25, 0.3) is 11.1 Å². The molecule has 3 N–H and O–H groups in total. The van der Waals surface area contributed by atoms with Crippen LogP contribution in [0, 0.1) is 6.92 Å². The Bertz CT molecular complexity index is 1350. The number of carbonyl (C=O) groups excluding carboxylic acids is 3. The maximum Gasteiger partial charge on any atom is 0.246 e. The Hall–Kier alpha value is -3.79. The van der Waals surface area contributed by atoms with Crippen LogP contribution in [-0.2, 0) is 20.8 Å². The third-order valence-electron chi connectivity index (χ3n) is 7.28. The smallest absolute Gasteiger partial charge is 0.246 e. The number of aryl methyl sites for hydroxylation is 1. The number of rotatable bonds is 15. The molecule has 0 aliphatic rings. The molecule has 9 heteroatoms. The van der Waals surface area contributed by atoms with Crippen molar-refractivity contribution in [3.05, 3.63) is 94.7 Å². The number of amides is 3. The van der Waals surface area contributed by atoms with Crippen LogP contribution in [0.1, 0.15) is 43.6 Å². The molecule has 0 aliphatic heterocycles. The second-order valence-electron chi connectivity index (χ2n) is 12.6. The first kappa shape index (κ1) is 38.4. The van der Waals surface area contributed by atoms with E-state index in [9.17, 15) is 14.4 Å². The number of nitrogens with one attached hydrogen (secondary N) is 1. The topological polar surface area (TPSA) is 99.0 Å². The molecule has 0 radical (unpaired) electrons. The van der Waals surface area contributed by atoms with Gasteiger partial charge in [0, 0.05) is 37.5 Å². The SMILES string of the molecule is CN(C)CCCCNC(=O)C(Cc1cccs1)N(C)C(=O)CN(C)C(=O)/C=C/CC(C)(C)N.Cc1ccc(-c2ccccc2)cc1. The van der Waals surface area contributed by atoms with Gasteiger partial charge < -0.3 is 25.8 Å². The zero-order valence-electron chi connectivity index (χ0n) is 28.7. The van der Waals surface area contributed by atoms with E-state index in [0.29, 0.717) is 19.4 Å². The molecule has 0 aliphatic carbocycles. The first-order valence-electron chi connectivity index (χ1n) is 15.8. The average Bonchev–Trinajstić information content (AvgIpc) is 3.53. The predicted molar refractivity (Wildman–Crippen MR) is 192 cm³/mol. The van der Waals surface area contributed by atoms with E-state index in [4.69, 9.17) is 5.73 Å². The van der Waals surface area contributed by atoms with E-state index < -0.39 is 11.6 Å². The molecule has 0 saturated heterocycles. The fraction of sp³-hybridized carbons (Fsp3) is 0.432. The van der Waals surface area contributed by atoms with Crippen molar-refractivity contribution in [2.24, 2.45) is 5.73 Å². The number of nitrogens with two attached hydrogens (primary N) is 1. The van der Waals surface area contributed by atoms with Gasteiger partial charge in [0.1, 0.15) is 6.04 Å². The van der Waals surface area contributed by atoms with E-state index in [1.807, 2.05) is 51.5 Å². The van der Waals surface area contributed by atoms with Crippen LogP contribution >= 0.6 is 11.3 Å². The van der Waals surface area contributed by atoms with Gasteiger partial charge in [0.15, 0.2) is 0 Å². The third-order valence-corrected chi connectivity index (χ3v) is 8.18. The summed E-state index contributed by atoms with van der Waals surface area (Å²) < 4.78 is 0. The van der Waals surface area contributed by atoms with Crippen molar-refractivity contribution in [3.8, 4) is 11.1 Å². The van der Waals surface area contributed by atoms with E-state index >= 15 is 0 Å². The summed E-state index contributed by atoms with van der Waals surface area (Å²) in [7, 11) is 7.24. The van der Waals surface area contributed by atoms with Crippen molar-refractivity contribution in [2.75, 3.05) is 47.8 Å². The molecule has 3 aromatic rings. The summed E-state index contributed by atoms with van der Waals surface area (Å²) in [5.41, 5.74) is 9.39. The van der Waals surface area contributed by atoms with Crippen molar-refractivity contribution >= 4 is 29.1 Å². The zero-order valence-corrected chi connectivity index (χ0v) is 29.5. The lowest BCUT2D eigenvalue weighted by molar-refractivity contribution is -0.141. The fourth-order valence-electron chi connectivity index (χ4n) is 4.44. The Balaban J connectivity index is 0.000000464. The number of unbranched alkanes of at least 4 members (excludes halogenated alkanes) is 1. The highest BCUT2D eigenvalue weighted by atomic mass is 32.1. The minimum absolute atomic E-state index is 0.108. The van der Waals surface area contributed by atoms with Gasteiger partial charge in [-0.1, -0.05) is 72.3 Å². The van der Waals surface area contributed by atoms with Crippen LogP contribution in [0.3, 0.4) is 0 Å². The van der Waals surface area contributed by atoms with Crippen molar-refractivity contribution in [1.82, 2.24) is 20.0 Å². The van der Waals surface area contributed by atoms with E-state index in [1.165, 1.54) is 32.6 Å². The van der Waals surface area contributed by atoms with E-state index in [0.717, 1.165) is 24.3 Å². The van der Waals surface area contributed by atoms with Crippen molar-refractivity contribution < 1.29 is 14.4 Å². The van der Waals surface area contributed by atoms with Crippen LogP contribution in [0.15, 0.2) is 84.3 Å². The monoisotopic (exact) mass is 647 g/mol. The van der Waals surface area contributed by atoms with Crippen LogP contribution < -0.4 is 11.1 Å². The lowest BCUT2D eigenvalue weighted by Gasteiger charge is -2.29. The number of hydrogen-bond donors (Lipinski definition) is 2. The molecule has 1 aromatic heterocycles. The highest BCUT2D eigenvalue weighted by Gasteiger charge is 2.28. The molecule has 8 nitrogen and oxygen atoms in total. The van der Waals surface area contributed by atoms with Crippen LogP contribution in [0.5, 0.6) is 0 Å². The molecule has 3 amide bonds. The lowest BCUT2D eigenvalue weighted by atomic mass is 10.0. The summed E-state index contributed by atoms with van der Waals surface area (Å²) >= 11 is 1.56. The quantitative estimate of drug-likeness (QED) is 0.171. The summed E-state index contributed by atoms with van der Waals surface area (Å²) in [6.45, 7) is 7.29. The normalized spacial score (nSPS) is 11.9. The summed E-state index contributed by atoms with van der Waals surface area (Å²) in [6.07, 6.45) is 6.00. The highest BCUT2D eigenvalue weighted by Crippen LogP contribution is 2.19. The van der Waals surface area contributed by atoms with Gasteiger partial charge in [0.25, 0.3) is 0 Å². The number of thiophene rings is 1. The summed E-state index contributed by atoms with van der Waals surface area (Å²) in [5, 5.41) is 4.93. The standard InChI is InChI=1S/C24H41N5O3S.C13H12/c1-24(2,25)13-9-12-21(30)28(5)18-22(31)29(6)20(17-19-11-10-16-33-19)23(32)26-14-7-8-15-27(3)4;1-11-7-9-13(10-8-11)12-5-3-2-4-6-12/h9-12,16,20H,7-8,13-15,17-18,25H2,1-6H3,(H,26,32);2-10H,1H3/b12-9+;. The number of hydrogen-bond acceptors (Lipinski definition) is 6. The molecular formula is C37H53N5O3S. The van der Waals surface area contributed by atoms with Gasteiger partial charge in [0.2, 0.25) is 17.7 Å². The first-order valence-corrected chi connectivity index (χ1v) is 16.7.